The van der Waals surface area contributed by atoms with Crippen LogP contribution in [0.3, 0.4) is 0 Å². The molecule has 0 saturated heterocycles. The molecule has 2 heterocycles. The molecule has 0 aliphatic rings. The van der Waals surface area contributed by atoms with Gasteiger partial charge in [0.15, 0.2) is 5.82 Å². The molecule has 0 radical (unpaired) electrons. The highest BCUT2D eigenvalue weighted by Crippen LogP contribution is 2.40. The second kappa shape index (κ2) is 11.2. The first-order chi connectivity index (χ1) is 23.3. The van der Waals surface area contributed by atoms with E-state index in [4.69, 9.17) is 14.4 Å². The summed E-state index contributed by atoms with van der Waals surface area (Å²) >= 11 is 0. The minimum atomic E-state index is 0.692. The molecular weight excluding hydrogens is 572 g/mol. The van der Waals surface area contributed by atoms with Gasteiger partial charge in [-0.15, -0.1) is 0 Å². The van der Waals surface area contributed by atoms with Crippen LogP contribution in [-0.4, -0.2) is 9.97 Å². The molecular formula is C44H28N2O. The number of furan rings is 1. The predicted molar refractivity (Wildman–Crippen MR) is 194 cm³/mol. The largest absolute Gasteiger partial charge is 0.455 e. The van der Waals surface area contributed by atoms with Crippen molar-refractivity contribution in [3.8, 4) is 56.2 Å². The summed E-state index contributed by atoms with van der Waals surface area (Å²) in [6.45, 7) is 0. The summed E-state index contributed by atoms with van der Waals surface area (Å²) in [5, 5.41) is 4.57. The van der Waals surface area contributed by atoms with E-state index in [2.05, 4.69) is 140 Å². The Labute approximate surface area is 272 Å². The van der Waals surface area contributed by atoms with Crippen LogP contribution in [0.2, 0.25) is 0 Å². The lowest BCUT2D eigenvalue weighted by Crippen LogP contribution is -1.97. The standard InChI is InChI=1S/C44H28N2O/c1-3-13-29(14-4-1)32-25-33(36-21-12-23-39-38-20-9-10-24-42(38)47-43(36)39)27-34(26-32)40-28-41(46-44(45-40)31-16-5-2-6-17-31)37-22-11-18-30-15-7-8-19-35(30)37/h1-28H. The average Bonchev–Trinajstić information content (AvgIpc) is 3.54. The van der Waals surface area contributed by atoms with Crippen LogP contribution in [0.1, 0.15) is 0 Å². The Balaban J connectivity index is 1.31. The van der Waals surface area contributed by atoms with Crippen LogP contribution in [0.15, 0.2) is 174 Å². The van der Waals surface area contributed by atoms with Crippen molar-refractivity contribution in [1.82, 2.24) is 9.97 Å². The van der Waals surface area contributed by atoms with E-state index >= 15 is 0 Å². The van der Waals surface area contributed by atoms with Crippen LogP contribution in [-0.2, 0) is 0 Å². The van der Waals surface area contributed by atoms with Gasteiger partial charge in [-0.05, 0) is 57.8 Å². The Kier molecular flexibility index (Phi) is 6.46. The van der Waals surface area contributed by atoms with Gasteiger partial charge in [-0.25, -0.2) is 9.97 Å². The van der Waals surface area contributed by atoms with E-state index < -0.39 is 0 Å². The van der Waals surface area contributed by atoms with Crippen LogP contribution in [0, 0.1) is 0 Å². The molecule has 0 unspecified atom stereocenters. The zero-order chi connectivity index (χ0) is 31.2. The molecule has 0 saturated carbocycles. The van der Waals surface area contributed by atoms with Crippen molar-refractivity contribution < 1.29 is 4.42 Å². The number of aromatic nitrogens is 2. The second-order valence-electron chi connectivity index (χ2n) is 11.8. The number of benzene rings is 7. The normalized spacial score (nSPS) is 11.4. The zero-order valence-electron chi connectivity index (χ0n) is 25.5. The van der Waals surface area contributed by atoms with E-state index in [-0.39, 0.29) is 0 Å². The quantitative estimate of drug-likeness (QED) is 0.197. The van der Waals surface area contributed by atoms with Crippen molar-refractivity contribution in [2.75, 3.05) is 0 Å². The van der Waals surface area contributed by atoms with Gasteiger partial charge in [0.1, 0.15) is 11.2 Å². The molecule has 47 heavy (non-hydrogen) atoms. The van der Waals surface area contributed by atoms with Crippen molar-refractivity contribution in [3.63, 3.8) is 0 Å². The number of rotatable bonds is 5. The van der Waals surface area contributed by atoms with Gasteiger partial charge < -0.3 is 4.42 Å². The summed E-state index contributed by atoms with van der Waals surface area (Å²) in [7, 11) is 0. The third-order valence-corrected chi connectivity index (χ3v) is 8.87. The summed E-state index contributed by atoms with van der Waals surface area (Å²) in [6, 6.07) is 59.1. The van der Waals surface area contributed by atoms with Crippen LogP contribution in [0.5, 0.6) is 0 Å². The summed E-state index contributed by atoms with van der Waals surface area (Å²) < 4.78 is 6.50. The molecule has 3 nitrogen and oxygen atoms in total. The molecule has 0 aliphatic heterocycles. The van der Waals surface area contributed by atoms with Gasteiger partial charge in [-0.1, -0.05) is 140 Å². The molecule has 0 aliphatic carbocycles. The first-order valence-corrected chi connectivity index (χ1v) is 15.8. The Hall–Kier alpha value is -6.32. The van der Waals surface area contributed by atoms with E-state index in [0.717, 1.165) is 77.7 Å². The van der Waals surface area contributed by atoms with Gasteiger partial charge in [0.2, 0.25) is 0 Å². The molecule has 0 atom stereocenters. The summed E-state index contributed by atoms with van der Waals surface area (Å²) in [6.07, 6.45) is 0. The van der Waals surface area contributed by atoms with Gasteiger partial charge in [0.25, 0.3) is 0 Å². The highest BCUT2D eigenvalue weighted by atomic mass is 16.3. The average molecular weight is 601 g/mol. The second-order valence-corrected chi connectivity index (χ2v) is 11.8. The first-order valence-electron chi connectivity index (χ1n) is 15.8. The van der Waals surface area contributed by atoms with Gasteiger partial charge in [0, 0.05) is 33.0 Å². The van der Waals surface area contributed by atoms with E-state index in [0.29, 0.717) is 5.82 Å². The lowest BCUT2D eigenvalue weighted by Gasteiger charge is -2.14. The van der Waals surface area contributed by atoms with Crippen molar-refractivity contribution in [2.24, 2.45) is 0 Å². The lowest BCUT2D eigenvalue weighted by atomic mass is 9.93. The van der Waals surface area contributed by atoms with Crippen molar-refractivity contribution >= 4 is 32.7 Å². The van der Waals surface area contributed by atoms with Crippen molar-refractivity contribution in [3.05, 3.63) is 170 Å². The SMILES string of the molecule is c1ccc(-c2cc(-c3cc(-c4cccc5ccccc45)nc(-c4ccccc4)n3)cc(-c3cccc4c3oc3ccccc34)c2)cc1. The molecule has 9 aromatic rings. The van der Waals surface area contributed by atoms with Crippen LogP contribution >= 0.6 is 0 Å². The van der Waals surface area contributed by atoms with E-state index in [9.17, 15) is 0 Å². The fraction of sp³-hybridized carbons (Fsp3) is 0. The molecule has 3 heteroatoms. The minimum Gasteiger partial charge on any atom is -0.455 e. The monoisotopic (exact) mass is 600 g/mol. The molecule has 220 valence electrons. The molecule has 0 fully saturated rings. The fourth-order valence-electron chi connectivity index (χ4n) is 6.60. The summed E-state index contributed by atoms with van der Waals surface area (Å²) in [5.74, 6) is 0.692. The number of fused-ring (bicyclic) bond motifs is 4. The third-order valence-electron chi connectivity index (χ3n) is 8.87. The molecule has 0 spiro atoms. The minimum absolute atomic E-state index is 0.692. The molecule has 0 amide bonds. The number of nitrogens with zero attached hydrogens (tertiary/aromatic N) is 2. The molecule has 2 aromatic heterocycles. The van der Waals surface area contributed by atoms with E-state index in [1.54, 1.807) is 0 Å². The molecule has 0 bridgehead atoms. The smallest absolute Gasteiger partial charge is 0.160 e. The zero-order valence-corrected chi connectivity index (χ0v) is 25.5. The van der Waals surface area contributed by atoms with Gasteiger partial charge in [-0.2, -0.15) is 0 Å². The fourth-order valence-corrected chi connectivity index (χ4v) is 6.60. The lowest BCUT2D eigenvalue weighted by molar-refractivity contribution is 0.670. The predicted octanol–water partition coefficient (Wildman–Crippen LogP) is 11.9. The molecule has 7 aromatic carbocycles. The van der Waals surface area contributed by atoms with Crippen LogP contribution < -0.4 is 0 Å². The highest BCUT2D eigenvalue weighted by Gasteiger charge is 2.17. The van der Waals surface area contributed by atoms with E-state index in [1.807, 2.05) is 30.3 Å². The van der Waals surface area contributed by atoms with Crippen molar-refractivity contribution in [2.45, 2.75) is 0 Å². The Morgan fingerprint density at radius 3 is 1.81 bits per heavy atom. The van der Waals surface area contributed by atoms with Gasteiger partial charge in [-0.3, -0.25) is 0 Å². The maximum Gasteiger partial charge on any atom is 0.160 e. The maximum atomic E-state index is 6.50. The maximum absolute atomic E-state index is 6.50. The third kappa shape index (κ3) is 4.86. The topological polar surface area (TPSA) is 38.9 Å². The van der Waals surface area contributed by atoms with Crippen LogP contribution in [0.4, 0.5) is 0 Å². The van der Waals surface area contributed by atoms with Gasteiger partial charge in [0.05, 0.1) is 11.4 Å². The Morgan fingerprint density at radius 1 is 0.362 bits per heavy atom. The van der Waals surface area contributed by atoms with E-state index in [1.165, 1.54) is 5.39 Å². The highest BCUT2D eigenvalue weighted by molar-refractivity contribution is 6.10. The Morgan fingerprint density at radius 2 is 0.957 bits per heavy atom. The number of hydrogen-bond acceptors (Lipinski definition) is 3. The number of para-hydroxylation sites is 2. The number of hydrogen-bond donors (Lipinski definition) is 0. The van der Waals surface area contributed by atoms with Crippen LogP contribution in [0.25, 0.3) is 88.9 Å². The molecule has 0 N–H and O–H groups in total. The van der Waals surface area contributed by atoms with Crippen molar-refractivity contribution in [1.29, 1.82) is 0 Å². The summed E-state index contributed by atoms with van der Waals surface area (Å²) in [5.41, 5.74) is 10.9. The Bertz CT molecular complexity index is 2560. The first kappa shape index (κ1) is 27.0. The van der Waals surface area contributed by atoms with Gasteiger partial charge >= 0.3 is 0 Å². The summed E-state index contributed by atoms with van der Waals surface area (Å²) in [4.78, 5) is 10.4. The molecule has 9 rings (SSSR count).